The van der Waals surface area contributed by atoms with Crippen molar-refractivity contribution in [2.45, 2.75) is 6.42 Å². The quantitative estimate of drug-likeness (QED) is 0.871. The van der Waals surface area contributed by atoms with E-state index in [0.29, 0.717) is 5.82 Å². The van der Waals surface area contributed by atoms with Crippen LogP contribution in [0.15, 0.2) is 36.5 Å². The van der Waals surface area contributed by atoms with Gasteiger partial charge >= 0.3 is 0 Å². The van der Waals surface area contributed by atoms with Gasteiger partial charge in [0.25, 0.3) is 0 Å². The number of halogens is 1. The maximum absolute atomic E-state index is 11.8. The number of benzene rings is 1. The molecule has 6 heteroatoms. The highest BCUT2D eigenvalue weighted by atomic mass is 35.5. The van der Waals surface area contributed by atoms with Crippen LogP contribution >= 0.6 is 11.6 Å². The molecule has 19 heavy (non-hydrogen) atoms. The van der Waals surface area contributed by atoms with Crippen molar-refractivity contribution < 1.29 is 9.53 Å². The van der Waals surface area contributed by atoms with Crippen LogP contribution < -0.4 is 10.1 Å². The highest BCUT2D eigenvalue weighted by molar-refractivity contribution is 6.28. The van der Waals surface area contributed by atoms with E-state index in [1.165, 1.54) is 6.20 Å². The van der Waals surface area contributed by atoms with Crippen LogP contribution in [0, 0.1) is 0 Å². The fraction of sp³-hybridized carbons (Fsp3) is 0.154. The lowest BCUT2D eigenvalue weighted by Gasteiger charge is -2.05. The molecule has 1 aromatic heterocycles. The van der Waals surface area contributed by atoms with Crippen LogP contribution in [0.2, 0.25) is 5.28 Å². The predicted octanol–water partition coefficient (Wildman–Crippen LogP) is 2.32. The van der Waals surface area contributed by atoms with Crippen LogP contribution in [-0.4, -0.2) is 23.0 Å². The monoisotopic (exact) mass is 277 g/mol. The summed E-state index contributed by atoms with van der Waals surface area (Å²) < 4.78 is 5.05. The van der Waals surface area contributed by atoms with E-state index in [1.54, 1.807) is 13.2 Å². The molecule has 1 amide bonds. The van der Waals surface area contributed by atoms with E-state index in [2.05, 4.69) is 15.3 Å². The fourth-order valence-electron chi connectivity index (χ4n) is 1.52. The van der Waals surface area contributed by atoms with E-state index in [4.69, 9.17) is 16.3 Å². The van der Waals surface area contributed by atoms with Gasteiger partial charge in [-0.3, -0.25) is 4.79 Å². The average Bonchev–Trinajstić information content (AvgIpc) is 2.39. The van der Waals surface area contributed by atoms with E-state index in [9.17, 15) is 4.79 Å². The summed E-state index contributed by atoms with van der Waals surface area (Å²) in [5, 5.41) is 2.75. The number of anilines is 1. The highest BCUT2D eigenvalue weighted by Crippen LogP contribution is 2.12. The third kappa shape index (κ3) is 3.93. The zero-order chi connectivity index (χ0) is 13.7. The van der Waals surface area contributed by atoms with Crippen LogP contribution in [0.4, 0.5) is 5.82 Å². The van der Waals surface area contributed by atoms with Crippen molar-refractivity contribution in [3.8, 4) is 5.75 Å². The van der Waals surface area contributed by atoms with Gasteiger partial charge in [-0.1, -0.05) is 12.1 Å². The molecule has 0 aliphatic heterocycles. The molecule has 0 aliphatic carbocycles. The maximum atomic E-state index is 11.8. The first-order valence-electron chi connectivity index (χ1n) is 5.58. The van der Waals surface area contributed by atoms with Gasteiger partial charge in [0.1, 0.15) is 11.6 Å². The second kappa shape index (κ2) is 6.15. The van der Waals surface area contributed by atoms with Crippen molar-refractivity contribution in [3.05, 3.63) is 47.4 Å². The van der Waals surface area contributed by atoms with E-state index >= 15 is 0 Å². The van der Waals surface area contributed by atoms with Crippen LogP contribution in [0.5, 0.6) is 5.75 Å². The molecule has 1 aromatic carbocycles. The number of amides is 1. The summed E-state index contributed by atoms with van der Waals surface area (Å²) in [5.74, 6) is 0.977. The Labute approximate surface area is 115 Å². The fourth-order valence-corrected chi connectivity index (χ4v) is 1.67. The van der Waals surface area contributed by atoms with Gasteiger partial charge in [0.2, 0.25) is 11.2 Å². The molecule has 2 rings (SSSR count). The number of ether oxygens (including phenoxy) is 1. The number of carbonyl (C=O) groups excluding carboxylic acids is 1. The van der Waals surface area contributed by atoms with Gasteiger partial charge < -0.3 is 10.1 Å². The summed E-state index contributed by atoms with van der Waals surface area (Å²) in [6.45, 7) is 0. The standard InChI is InChI=1S/C13H12ClN3O2/c1-19-10-4-2-9(3-5-10)8-12(18)16-11-6-7-15-13(14)17-11/h2-7H,8H2,1H3,(H,15,16,17,18). The van der Waals surface area contributed by atoms with Gasteiger partial charge in [-0.15, -0.1) is 0 Å². The smallest absolute Gasteiger partial charge is 0.229 e. The molecule has 98 valence electrons. The Bertz CT molecular complexity index is 572. The molecule has 1 heterocycles. The summed E-state index contributed by atoms with van der Waals surface area (Å²) in [7, 11) is 1.60. The predicted molar refractivity (Wildman–Crippen MR) is 72.4 cm³/mol. The second-order valence-electron chi connectivity index (χ2n) is 3.78. The van der Waals surface area contributed by atoms with Gasteiger partial charge in [0.05, 0.1) is 13.5 Å². The van der Waals surface area contributed by atoms with Crippen LogP contribution in [0.25, 0.3) is 0 Å². The minimum Gasteiger partial charge on any atom is -0.497 e. The average molecular weight is 278 g/mol. The second-order valence-corrected chi connectivity index (χ2v) is 4.12. The molecule has 0 aliphatic rings. The number of hydrogen-bond donors (Lipinski definition) is 1. The van der Waals surface area contributed by atoms with Crippen LogP contribution in [0.1, 0.15) is 5.56 Å². The third-order valence-corrected chi connectivity index (χ3v) is 2.60. The lowest BCUT2D eigenvalue weighted by molar-refractivity contribution is -0.115. The van der Waals surface area contributed by atoms with E-state index in [1.807, 2.05) is 24.3 Å². The van der Waals surface area contributed by atoms with Gasteiger partial charge in [-0.25, -0.2) is 9.97 Å². The lowest BCUT2D eigenvalue weighted by atomic mass is 10.1. The van der Waals surface area contributed by atoms with E-state index in [0.717, 1.165) is 11.3 Å². The first-order valence-corrected chi connectivity index (χ1v) is 5.96. The minimum atomic E-state index is -0.167. The first-order chi connectivity index (χ1) is 9.17. The van der Waals surface area contributed by atoms with Gasteiger partial charge in [0.15, 0.2) is 0 Å². The topological polar surface area (TPSA) is 64.1 Å². The third-order valence-electron chi connectivity index (χ3n) is 2.42. The molecule has 0 radical (unpaired) electrons. The summed E-state index contributed by atoms with van der Waals surface area (Å²) in [6.07, 6.45) is 1.74. The van der Waals surface area contributed by atoms with Gasteiger partial charge in [-0.05, 0) is 35.4 Å². The number of methoxy groups -OCH3 is 1. The Kier molecular flexibility index (Phi) is 4.30. The molecule has 2 aromatic rings. The SMILES string of the molecule is COc1ccc(CC(=O)Nc2ccnc(Cl)n2)cc1. The Balaban J connectivity index is 1.97. The Morgan fingerprint density at radius 3 is 2.68 bits per heavy atom. The summed E-state index contributed by atoms with van der Waals surface area (Å²) in [5.41, 5.74) is 0.887. The van der Waals surface area contributed by atoms with Crippen molar-refractivity contribution in [1.82, 2.24) is 9.97 Å². The molecule has 0 bridgehead atoms. The Morgan fingerprint density at radius 1 is 1.32 bits per heavy atom. The number of carbonyl (C=O) groups is 1. The molecule has 0 spiro atoms. The maximum Gasteiger partial charge on any atom is 0.229 e. The molecule has 0 atom stereocenters. The number of aromatic nitrogens is 2. The molecular formula is C13H12ClN3O2. The highest BCUT2D eigenvalue weighted by Gasteiger charge is 2.05. The summed E-state index contributed by atoms with van der Waals surface area (Å²) >= 11 is 5.63. The Hall–Kier alpha value is -2.14. The zero-order valence-corrected chi connectivity index (χ0v) is 11.0. The number of rotatable bonds is 4. The van der Waals surface area contributed by atoms with Crippen molar-refractivity contribution in [1.29, 1.82) is 0 Å². The van der Waals surface area contributed by atoms with Crippen LogP contribution in [0.3, 0.4) is 0 Å². The molecule has 1 N–H and O–H groups in total. The van der Waals surface area contributed by atoms with Crippen molar-refractivity contribution in [2.75, 3.05) is 12.4 Å². The first kappa shape index (κ1) is 13.3. The molecule has 0 saturated heterocycles. The zero-order valence-electron chi connectivity index (χ0n) is 10.3. The normalized spacial score (nSPS) is 10.0. The summed E-state index contributed by atoms with van der Waals surface area (Å²) in [4.78, 5) is 19.4. The molecule has 0 fully saturated rings. The molecule has 0 saturated carbocycles. The van der Waals surface area contributed by atoms with Crippen molar-refractivity contribution in [2.24, 2.45) is 0 Å². The Morgan fingerprint density at radius 2 is 2.05 bits per heavy atom. The van der Waals surface area contributed by atoms with E-state index in [-0.39, 0.29) is 17.6 Å². The number of hydrogen-bond acceptors (Lipinski definition) is 4. The molecular weight excluding hydrogens is 266 g/mol. The van der Waals surface area contributed by atoms with E-state index < -0.39 is 0 Å². The van der Waals surface area contributed by atoms with Gasteiger partial charge in [-0.2, -0.15) is 0 Å². The van der Waals surface area contributed by atoms with Crippen molar-refractivity contribution >= 4 is 23.3 Å². The largest absolute Gasteiger partial charge is 0.497 e. The van der Waals surface area contributed by atoms with Crippen LogP contribution in [-0.2, 0) is 11.2 Å². The molecule has 5 nitrogen and oxygen atoms in total. The summed E-state index contributed by atoms with van der Waals surface area (Å²) in [6, 6.07) is 8.88. The lowest BCUT2D eigenvalue weighted by Crippen LogP contribution is -2.15. The minimum absolute atomic E-state index is 0.0993. The molecule has 0 unspecified atom stereocenters. The number of nitrogens with zero attached hydrogens (tertiary/aromatic N) is 2. The number of nitrogens with one attached hydrogen (secondary N) is 1. The van der Waals surface area contributed by atoms with Crippen molar-refractivity contribution in [3.63, 3.8) is 0 Å². The van der Waals surface area contributed by atoms with Gasteiger partial charge in [0, 0.05) is 6.20 Å².